The Hall–Kier alpha value is -4.72. The van der Waals surface area contributed by atoms with Crippen LogP contribution in [0, 0.1) is 0 Å². The van der Waals surface area contributed by atoms with Crippen molar-refractivity contribution in [3.8, 4) is 0 Å². The number of nitrogens with two attached hydrogens (primary N) is 2. The van der Waals surface area contributed by atoms with Gasteiger partial charge in [-0.15, -0.1) is 0 Å². The van der Waals surface area contributed by atoms with Gasteiger partial charge >= 0.3 is 5.97 Å². The van der Waals surface area contributed by atoms with Crippen LogP contribution in [-0.4, -0.2) is 77.2 Å². The number of thiol groups is 1. The highest BCUT2D eigenvalue weighted by Crippen LogP contribution is 2.10. The smallest absolute Gasteiger partial charge is 0.327 e. The topological polar surface area (TPSA) is 206 Å². The molecule has 0 heterocycles. The summed E-state index contributed by atoms with van der Waals surface area (Å²) in [6.07, 6.45) is 1.70. The van der Waals surface area contributed by atoms with Gasteiger partial charge in [0.2, 0.25) is 23.6 Å². The zero-order valence-corrected chi connectivity index (χ0v) is 28.2. The lowest BCUT2D eigenvalue weighted by atomic mass is 10.0. The molecule has 3 aromatic carbocycles. The van der Waals surface area contributed by atoms with Gasteiger partial charge in [-0.25, -0.2) is 4.79 Å². The predicted molar refractivity (Wildman–Crippen MR) is 191 cm³/mol. The zero-order valence-electron chi connectivity index (χ0n) is 27.3. The maximum absolute atomic E-state index is 13.9. The van der Waals surface area contributed by atoms with Crippen molar-refractivity contribution in [2.75, 3.05) is 12.3 Å². The first kappa shape index (κ1) is 38.7. The van der Waals surface area contributed by atoms with E-state index >= 15 is 0 Å². The maximum Gasteiger partial charge on any atom is 0.327 e. The first-order valence-corrected chi connectivity index (χ1v) is 16.9. The molecule has 0 saturated heterocycles. The fourth-order valence-corrected chi connectivity index (χ4v) is 5.37. The summed E-state index contributed by atoms with van der Waals surface area (Å²) in [7, 11) is 0. The first-order valence-electron chi connectivity index (χ1n) is 16.2. The molecular weight excluding hydrogens is 644 g/mol. The van der Waals surface area contributed by atoms with Crippen LogP contribution in [0.3, 0.4) is 0 Å². The standard InChI is InChI=1S/C36H46N6O6S/c37-19-11-10-18-28(33(44)42-31(23-49)36(47)48)39-34(45)30(22-26-16-8-3-9-17-26)41-35(46)29(21-25-14-6-2-7-15-25)40-32(43)27(38)20-24-12-4-1-5-13-24/h1-9,12-17,27-31,49H,10-11,18-23,37-38H2,(H,39,45)(H,40,43)(H,41,46)(H,42,44)(H,47,48)/t27-,28-,29-,30-,31-/m0/s1. The average Bonchev–Trinajstić information content (AvgIpc) is 3.10. The Kier molecular flexibility index (Phi) is 16.3. The van der Waals surface area contributed by atoms with Crippen molar-refractivity contribution in [3.05, 3.63) is 108 Å². The number of unbranched alkanes of at least 4 members (excludes halogenated alkanes) is 1. The van der Waals surface area contributed by atoms with Crippen molar-refractivity contribution in [1.82, 2.24) is 21.3 Å². The lowest BCUT2D eigenvalue weighted by Crippen LogP contribution is -2.59. The third-order valence-corrected chi connectivity index (χ3v) is 8.21. The molecule has 0 bridgehead atoms. The van der Waals surface area contributed by atoms with Crippen LogP contribution in [0.5, 0.6) is 0 Å². The largest absolute Gasteiger partial charge is 0.480 e. The average molecular weight is 691 g/mol. The van der Waals surface area contributed by atoms with Gasteiger partial charge in [0.15, 0.2) is 0 Å². The number of rotatable bonds is 20. The molecule has 0 aliphatic carbocycles. The van der Waals surface area contributed by atoms with E-state index in [4.69, 9.17) is 11.5 Å². The van der Waals surface area contributed by atoms with Crippen molar-refractivity contribution in [2.24, 2.45) is 11.5 Å². The Morgan fingerprint density at radius 2 is 0.959 bits per heavy atom. The van der Waals surface area contributed by atoms with Gasteiger partial charge in [-0.05, 0) is 48.9 Å². The van der Waals surface area contributed by atoms with Gasteiger partial charge in [-0.2, -0.15) is 12.6 Å². The molecular formula is C36H46N6O6S. The molecule has 3 aromatic rings. The van der Waals surface area contributed by atoms with Gasteiger partial charge in [0.25, 0.3) is 0 Å². The van der Waals surface area contributed by atoms with Gasteiger partial charge in [0, 0.05) is 18.6 Å². The molecule has 49 heavy (non-hydrogen) atoms. The molecule has 12 nitrogen and oxygen atoms in total. The number of nitrogens with one attached hydrogen (secondary N) is 4. The Balaban J connectivity index is 1.85. The first-order chi connectivity index (χ1) is 23.6. The van der Waals surface area contributed by atoms with Crippen molar-refractivity contribution < 1.29 is 29.1 Å². The lowest BCUT2D eigenvalue weighted by Gasteiger charge is -2.26. The summed E-state index contributed by atoms with van der Waals surface area (Å²) in [6.45, 7) is 0.368. The Bertz CT molecular complexity index is 1500. The van der Waals surface area contributed by atoms with E-state index in [0.717, 1.165) is 16.7 Å². The van der Waals surface area contributed by atoms with Crippen LogP contribution in [0.2, 0.25) is 0 Å². The molecule has 5 atom stereocenters. The summed E-state index contributed by atoms with van der Waals surface area (Å²) in [5.74, 6) is -3.92. The molecule has 0 aliphatic heterocycles. The monoisotopic (exact) mass is 690 g/mol. The molecule has 0 aromatic heterocycles. The summed E-state index contributed by atoms with van der Waals surface area (Å²) in [4.78, 5) is 65.8. The van der Waals surface area contributed by atoms with Crippen LogP contribution in [0.4, 0.5) is 0 Å². The predicted octanol–water partition coefficient (Wildman–Crippen LogP) is 1.12. The second-order valence-electron chi connectivity index (χ2n) is 11.7. The van der Waals surface area contributed by atoms with Crippen LogP contribution < -0.4 is 32.7 Å². The maximum atomic E-state index is 13.9. The van der Waals surface area contributed by atoms with Gasteiger partial charge < -0.3 is 37.8 Å². The highest BCUT2D eigenvalue weighted by atomic mass is 32.1. The van der Waals surface area contributed by atoms with Crippen LogP contribution in [0.15, 0.2) is 91.0 Å². The number of carbonyl (C=O) groups excluding carboxylic acids is 4. The summed E-state index contributed by atoms with van der Waals surface area (Å²) in [5, 5.41) is 20.1. The van der Waals surface area contributed by atoms with Crippen LogP contribution in [-0.2, 0) is 43.2 Å². The number of carbonyl (C=O) groups is 5. The molecule has 4 amide bonds. The summed E-state index contributed by atoms with van der Waals surface area (Å²) in [6, 6.07) is 21.9. The van der Waals surface area contributed by atoms with E-state index in [1.54, 1.807) is 24.3 Å². The highest BCUT2D eigenvalue weighted by Gasteiger charge is 2.32. The number of amides is 4. The molecule has 0 fully saturated rings. The van der Waals surface area contributed by atoms with E-state index < -0.39 is 59.8 Å². The second kappa shape index (κ2) is 20.6. The van der Waals surface area contributed by atoms with Crippen LogP contribution in [0.25, 0.3) is 0 Å². The summed E-state index contributed by atoms with van der Waals surface area (Å²) >= 11 is 4.01. The number of benzene rings is 3. The minimum atomic E-state index is -1.26. The minimum Gasteiger partial charge on any atom is -0.480 e. The summed E-state index contributed by atoms with van der Waals surface area (Å²) < 4.78 is 0. The molecule has 9 N–H and O–H groups in total. The van der Waals surface area contributed by atoms with Gasteiger partial charge in [0.1, 0.15) is 24.2 Å². The van der Waals surface area contributed by atoms with E-state index in [9.17, 15) is 29.1 Å². The number of hydrogen-bond donors (Lipinski definition) is 8. The normalized spacial score (nSPS) is 13.9. The van der Waals surface area contributed by atoms with E-state index in [0.29, 0.717) is 19.4 Å². The zero-order chi connectivity index (χ0) is 35.6. The number of carboxylic acid groups (broad SMARTS) is 1. The third-order valence-electron chi connectivity index (χ3n) is 7.84. The fraction of sp³-hybridized carbons (Fsp3) is 0.361. The molecule has 0 spiro atoms. The van der Waals surface area contributed by atoms with Crippen molar-refractivity contribution in [1.29, 1.82) is 0 Å². The van der Waals surface area contributed by atoms with E-state index in [2.05, 4.69) is 33.9 Å². The molecule has 0 radical (unpaired) electrons. The number of aliphatic carboxylic acids is 1. The molecule has 262 valence electrons. The van der Waals surface area contributed by atoms with E-state index in [-0.39, 0.29) is 31.4 Å². The van der Waals surface area contributed by atoms with Gasteiger partial charge in [-0.1, -0.05) is 91.0 Å². The molecule has 0 aliphatic rings. The Labute approximate surface area is 292 Å². The SMILES string of the molecule is NCCCC[C@H](NC(=O)[C@H](Cc1ccccc1)NC(=O)[C@H](Cc1ccccc1)NC(=O)[C@@H](N)Cc1ccccc1)C(=O)N[C@@H](CS)C(=O)O. The molecule has 3 rings (SSSR count). The highest BCUT2D eigenvalue weighted by molar-refractivity contribution is 7.80. The van der Waals surface area contributed by atoms with Crippen molar-refractivity contribution >= 4 is 42.2 Å². The quantitative estimate of drug-likeness (QED) is 0.0636. The fourth-order valence-electron chi connectivity index (χ4n) is 5.12. The van der Waals surface area contributed by atoms with E-state index in [1.165, 1.54) is 0 Å². The third kappa shape index (κ3) is 13.4. The molecule has 0 saturated carbocycles. The van der Waals surface area contributed by atoms with Crippen LogP contribution >= 0.6 is 12.6 Å². The van der Waals surface area contributed by atoms with Gasteiger partial charge in [-0.3, -0.25) is 19.2 Å². The van der Waals surface area contributed by atoms with Crippen LogP contribution in [0.1, 0.15) is 36.0 Å². The Morgan fingerprint density at radius 3 is 1.39 bits per heavy atom. The van der Waals surface area contributed by atoms with Crippen molar-refractivity contribution in [2.45, 2.75) is 68.7 Å². The van der Waals surface area contributed by atoms with Gasteiger partial charge in [0.05, 0.1) is 6.04 Å². The minimum absolute atomic E-state index is 0.0729. The van der Waals surface area contributed by atoms with Crippen molar-refractivity contribution in [3.63, 3.8) is 0 Å². The number of carboxylic acids is 1. The second-order valence-corrected chi connectivity index (χ2v) is 12.1. The molecule has 0 unspecified atom stereocenters. The summed E-state index contributed by atoms with van der Waals surface area (Å²) in [5.41, 5.74) is 14.3. The lowest BCUT2D eigenvalue weighted by molar-refractivity contribution is -0.141. The Morgan fingerprint density at radius 1 is 0.571 bits per heavy atom. The van der Waals surface area contributed by atoms with E-state index in [1.807, 2.05) is 66.7 Å². The molecule has 13 heteroatoms. The number of hydrogen-bond acceptors (Lipinski definition) is 8.